The summed E-state index contributed by atoms with van der Waals surface area (Å²) in [7, 11) is -2.07. The van der Waals surface area contributed by atoms with Gasteiger partial charge in [0, 0.05) is 7.05 Å². The maximum atomic E-state index is 12.3. The minimum Gasteiger partial charge on any atom is -0.508 e. The van der Waals surface area contributed by atoms with Gasteiger partial charge < -0.3 is 5.11 Å². The zero-order valence-corrected chi connectivity index (χ0v) is 12.2. The number of nitriles is 1. The van der Waals surface area contributed by atoms with Crippen LogP contribution >= 0.6 is 0 Å². The molecule has 5 nitrogen and oxygen atoms in total. The first-order valence-electron chi connectivity index (χ1n) is 6.17. The van der Waals surface area contributed by atoms with E-state index in [0.717, 1.165) is 0 Å². The van der Waals surface area contributed by atoms with Gasteiger partial charge in [0.05, 0.1) is 23.1 Å². The molecular formula is C15H14N2O3S. The fraction of sp³-hybridized carbons (Fsp3) is 0.133. The summed E-state index contributed by atoms with van der Waals surface area (Å²) in [4.78, 5) is 0. The van der Waals surface area contributed by atoms with Crippen molar-refractivity contribution in [2.45, 2.75) is 5.75 Å². The highest BCUT2D eigenvalue weighted by Crippen LogP contribution is 2.21. The molecule has 0 aliphatic rings. The van der Waals surface area contributed by atoms with Crippen molar-refractivity contribution in [3.63, 3.8) is 0 Å². The molecule has 0 saturated carbocycles. The summed E-state index contributed by atoms with van der Waals surface area (Å²) in [6, 6.07) is 14.4. The smallest absolute Gasteiger partial charge is 0.239 e. The lowest BCUT2D eigenvalue weighted by Gasteiger charge is -2.19. The molecule has 0 amide bonds. The molecule has 0 spiro atoms. The standard InChI is InChI=1S/C15H14N2O3S/c1-17(14-6-8-15(18)9-7-14)21(19,20)11-13-4-2-12(10-16)3-5-13/h2-9,18H,11H2,1H3. The zero-order chi connectivity index (χ0) is 15.5. The van der Waals surface area contributed by atoms with E-state index < -0.39 is 10.0 Å². The number of hydrogen-bond acceptors (Lipinski definition) is 4. The van der Waals surface area contributed by atoms with Crippen LogP contribution in [0.2, 0.25) is 0 Å². The van der Waals surface area contributed by atoms with E-state index in [-0.39, 0.29) is 11.5 Å². The second-order valence-corrected chi connectivity index (χ2v) is 6.55. The van der Waals surface area contributed by atoms with E-state index in [1.807, 2.05) is 6.07 Å². The van der Waals surface area contributed by atoms with Gasteiger partial charge in [0.25, 0.3) is 0 Å². The summed E-state index contributed by atoms with van der Waals surface area (Å²) in [5, 5.41) is 18.0. The van der Waals surface area contributed by atoms with E-state index in [9.17, 15) is 13.5 Å². The van der Waals surface area contributed by atoms with Crippen LogP contribution in [-0.2, 0) is 15.8 Å². The third-order valence-corrected chi connectivity index (χ3v) is 4.81. The van der Waals surface area contributed by atoms with Gasteiger partial charge in [-0.3, -0.25) is 4.31 Å². The van der Waals surface area contributed by atoms with Crippen molar-refractivity contribution in [3.8, 4) is 11.8 Å². The van der Waals surface area contributed by atoms with Crippen molar-refractivity contribution in [2.24, 2.45) is 0 Å². The number of nitrogens with zero attached hydrogens (tertiary/aromatic N) is 2. The van der Waals surface area contributed by atoms with E-state index in [0.29, 0.717) is 16.8 Å². The first-order chi connectivity index (χ1) is 9.92. The van der Waals surface area contributed by atoms with Gasteiger partial charge in [-0.05, 0) is 42.0 Å². The average molecular weight is 302 g/mol. The highest BCUT2D eigenvalue weighted by Gasteiger charge is 2.19. The van der Waals surface area contributed by atoms with Gasteiger partial charge in [-0.1, -0.05) is 12.1 Å². The lowest BCUT2D eigenvalue weighted by atomic mass is 10.2. The molecule has 0 aliphatic carbocycles. The molecule has 0 saturated heterocycles. The minimum absolute atomic E-state index is 0.0802. The Labute approximate surface area is 123 Å². The molecule has 0 radical (unpaired) electrons. The average Bonchev–Trinajstić information content (AvgIpc) is 2.48. The number of aromatic hydroxyl groups is 1. The van der Waals surface area contributed by atoms with Gasteiger partial charge in [-0.15, -0.1) is 0 Å². The van der Waals surface area contributed by atoms with E-state index in [2.05, 4.69) is 0 Å². The number of sulfonamides is 1. The van der Waals surface area contributed by atoms with Crippen molar-refractivity contribution < 1.29 is 13.5 Å². The quantitative estimate of drug-likeness (QED) is 0.939. The van der Waals surface area contributed by atoms with Crippen LogP contribution in [0.4, 0.5) is 5.69 Å². The van der Waals surface area contributed by atoms with Crippen molar-refractivity contribution in [2.75, 3.05) is 11.4 Å². The number of phenolic OH excluding ortho intramolecular Hbond substituents is 1. The molecule has 108 valence electrons. The Bertz CT molecular complexity index is 760. The molecule has 6 heteroatoms. The van der Waals surface area contributed by atoms with Crippen molar-refractivity contribution in [1.82, 2.24) is 0 Å². The monoisotopic (exact) mass is 302 g/mol. The Hall–Kier alpha value is -2.52. The van der Waals surface area contributed by atoms with Gasteiger partial charge in [0.15, 0.2) is 0 Å². The Morgan fingerprint density at radius 3 is 2.19 bits per heavy atom. The first kappa shape index (κ1) is 14.9. The van der Waals surface area contributed by atoms with Crippen LogP contribution in [0, 0.1) is 11.3 Å². The van der Waals surface area contributed by atoms with Crippen LogP contribution in [0.3, 0.4) is 0 Å². The Kier molecular flexibility index (Phi) is 4.15. The summed E-state index contributed by atoms with van der Waals surface area (Å²) >= 11 is 0. The number of anilines is 1. The van der Waals surface area contributed by atoms with Crippen molar-refractivity contribution in [3.05, 3.63) is 59.7 Å². The maximum Gasteiger partial charge on any atom is 0.239 e. The molecule has 0 bridgehead atoms. The van der Waals surface area contributed by atoms with E-state index in [1.165, 1.54) is 35.6 Å². The summed E-state index contributed by atoms with van der Waals surface area (Å²) in [6.07, 6.45) is 0. The molecule has 0 unspecified atom stereocenters. The fourth-order valence-corrected chi connectivity index (χ4v) is 3.06. The third-order valence-electron chi connectivity index (χ3n) is 3.06. The molecule has 2 rings (SSSR count). The molecule has 0 aliphatic heterocycles. The molecule has 2 aromatic rings. The Balaban J connectivity index is 2.21. The fourth-order valence-electron chi connectivity index (χ4n) is 1.81. The summed E-state index contributed by atoms with van der Waals surface area (Å²) in [5.74, 6) is -0.0764. The molecule has 0 atom stereocenters. The second kappa shape index (κ2) is 5.85. The number of phenols is 1. The van der Waals surface area contributed by atoms with Crippen LogP contribution in [0.15, 0.2) is 48.5 Å². The maximum absolute atomic E-state index is 12.3. The van der Waals surface area contributed by atoms with Crippen molar-refractivity contribution in [1.29, 1.82) is 5.26 Å². The van der Waals surface area contributed by atoms with Crippen LogP contribution < -0.4 is 4.31 Å². The van der Waals surface area contributed by atoms with Gasteiger partial charge >= 0.3 is 0 Å². The summed E-state index contributed by atoms with van der Waals surface area (Å²) in [5.41, 5.74) is 1.57. The topological polar surface area (TPSA) is 81.4 Å². The first-order valence-corrected chi connectivity index (χ1v) is 7.78. The highest BCUT2D eigenvalue weighted by atomic mass is 32.2. The molecule has 0 fully saturated rings. The highest BCUT2D eigenvalue weighted by molar-refractivity contribution is 7.92. The zero-order valence-electron chi connectivity index (χ0n) is 11.4. The van der Waals surface area contributed by atoms with Crippen LogP contribution in [0.25, 0.3) is 0 Å². The predicted molar refractivity (Wildman–Crippen MR) is 80.3 cm³/mol. The second-order valence-electron chi connectivity index (χ2n) is 4.55. The van der Waals surface area contributed by atoms with Crippen LogP contribution in [-0.4, -0.2) is 20.6 Å². The Morgan fingerprint density at radius 2 is 1.67 bits per heavy atom. The number of hydrogen-bond donors (Lipinski definition) is 1. The summed E-state index contributed by atoms with van der Waals surface area (Å²) in [6.45, 7) is 0. The largest absolute Gasteiger partial charge is 0.508 e. The van der Waals surface area contributed by atoms with Gasteiger partial charge in [0.1, 0.15) is 5.75 Å². The molecule has 2 aromatic carbocycles. The van der Waals surface area contributed by atoms with E-state index >= 15 is 0 Å². The molecule has 21 heavy (non-hydrogen) atoms. The lowest BCUT2D eigenvalue weighted by Crippen LogP contribution is -2.27. The summed E-state index contributed by atoms with van der Waals surface area (Å²) < 4.78 is 25.8. The van der Waals surface area contributed by atoms with Gasteiger partial charge in [-0.25, -0.2) is 8.42 Å². The molecular weight excluding hydrogens is 288 g/mol. The minimum atomic E-state index is -3.53. The SMILES string of the molecule is CN(c1ccc(O)cc1)S(=O)(=O)Cc1ccc(C#N)cc1. The van der Waals surface area contributed by atoms with E-state index in [4.69, 9.17) is 5.26 Å². The molecule has 1 N–H and O–H groups in total. The molecule has 0 aromatic heterocycles. The van der Waals surface area contributed by atoms with Crippen LogP contribution in [0.5, 0.6) is 5.75 Å². The van der Waals surface area contributed by atoms with Gasteiger partial charge in [0.2, 0.25) is 10.0 Å². The van der Waals surface area contributed by atoms with E-state index in [1.54, 1.807) is 24.3 Å². The Morgan fingerprint density at radius 1 is 1.10 bits per heavy atom. The van der Waals surface area contributed by atoms with Crippen LogP contribution in [0.1, 0.15) is 11.1 Å². The number of benzene rings is 2. The number of rotatable bonds is 4. The molecule has 0 heterocycles. The lowest BCUT2D eigenvalue weighted by molar-refractivity contribution is 0.475. The predicted octanol–water partition coefficient (Wildman–Crippen LogP) is 2.23. The third kappa shape index (κ3) is 3.52. The normalized spacial score (nSPS) is 10.9. The van der Waals surface area contributed by atoms with Gasteiger partial charge in [-0.2, -0.15) is 5.26 Å². The van der Waals surface area contributed by atoms with Crippen molar-refractivity contribution >= 4 is 15.7 Å².